The highest BCUT2D eigenvalue weighted by Crippen LogP contribution is 2.25. The summed E-state index contributed by atoms with van der Waals surface area (Å²) in [7, 11) is 0. The Bertz CT molecular complexity index is 724. The average Bonchev–Trinajstić information content (AvgIpc) is 3.02. The van der Waals surface area contributed by atoms with E-state index in [2.05, 4.69) is 35.2 Å². The van der Waals surface area contributed by atoms with Crippen LogP contribution in [-0.4, -0.2) is 29.2 Å². The Balaban J connectivity index is 1.77. The minimum atomic E-state index is 0.153. The SMILES string of the molecule is CC(C)c1ccc(C#N)c(N[C@H]2COC[C@H]2Cc2ccncc2)n1. The second kappa shape index (κ2) is 7.41. The Morgan fingerprint density at radius 3 is 2.75 bits per heavy atom. The van der Waals surface area contributed by atoms with Crippen LogP contribution in [0.3, 0.4) is 0 Å². The number of rotatable bonds is 5. The fourth-order valence-electron chi connectivity index (χ4n) is 2.95. The number of nitrogens with zero attached hydrogens (tertiary/aromatic N) is 3. The van der Waals surface area contributed by atoms with E-state index in [1.807, 2.05) is 36.7 Å². The van der Waals surface area contributed by atoms with Crippen molar-refractivity contribution in [2.24, 2.45) is 5.92 Å². The molecule has 0 saturated carbocycles. The Morgan fingerprint density at radius 2 is 2.04 bits per heavy atom. The third-order valence-corrected chi connectivity index (χ3v) is 4.40. The number of pyridine rings is 2. The van der Waals surface area contributed by atoms with Gasteiger partial charge in [0.05, 0.1) is 24.8 Å². The smallest absolute Gasteiger partial charge is 0.144 e. The molecule has 5 nitrogen and oxygen atoms in total. The van der Waals surface area contributed by atoms with Gasteiger partial charge in [0.15, 0.2) is 0 Å². The topological polar surface area (TPSA) is 70.8 Å². The minimum absolute atomic E-state index is 0.153. The summed E-state index contributed by atoms with van der Waals surface area (Å²) >= 11 is 0. The summed E-state index contributed by atoms with van der Waals surface area (Å²) in [6.07, 6.45) is 4.55. The minimum Gasteiger partial charge on any atom is -0.379 e. The van der Waals surface area contributed by atoms with Crippen molar-refractivity contribution in [1.29, 1.82) is 5.26 Å². The Morgan fingerprint density at radius 1 is 1.25 bits per heavy atom. The molecule has 1 N–H and O–H groups in total. The highest BCUT2D eigenvalue weighted by molar-refractivity contribution is 5.53. The standard InChI is InChI=1S/C19H22N4O/c1-13(2)17-4-3-15(10-20)19(22-17)23-18-12-24-11-16(18)9-14-5-7-21-8-6-14/h3-8,13,16,18H,9,11-12H2,1-2H3,(H,22,23)/t16-,18+/m1/s1. The predicted molar refractivity (Wildman–Crippen MR) is 92.7 cm³/mol. The van der Waals surface area contributed by atoms with E-state index >= 15 is 0 Å². The average molecular weight is 322 g/mol. The molecule has 0 amide bonds. The maximum atomic E-state index is 9.35. The summed E-state index contributed by atoms with van der Waals surface area (Å²) in [6.45, 7) is 5.55. The summed E-state index contributed by atoms with van der Waals surface area (Å²) < 4.78 is 5.68. The molecule has 5 heteroatoms. The molecule has 1 aliphatic rings. The van der Waals surface area contributed by atoms with Crippen molar-refractivity contribution in [2.75, 3.05) is 18.5 Å². The molecule has 3 heterocycles. The lowest BCUT2D eigenvalue weighted by molar-refractivity contribution is 0.185. The Kier molecular flexibility index (Phi) is 5.07. The van der Waals surface area contributed by atoms with Gasteiger partial charge in [-0.1, -0.05) is 13.8 Å². The van der Waals surface area contributed by atoms with E-state index < -0.39 is 0 Å². The first-order valence-corrected chi connectivity index (χ1v) is 8.31. The van der Waals surface area contributed by atoms with Gasteiger partial charge >= 0.3 is 0 Å². The normalized spacial score (nSPS) is 20.1. The molecule has 2 atom stereocenters. The quantitative estimate of drug-likeness (QED) is 0.915. The van der Waals surface area contributed by atoms with Gasteiger partial charge < -0.3 is 10.1 Å². The predicted octanol–water partition coefficient (Wildman–Crippen LogP) is 3.14. The van der Waals surface area contributed by atoms with Crippen molar-refractivity contribution in [1.82, 2.24) is 9.97 Å². The van der Waals surface area contributed by atoms with Gasteiger partial charge in [-0.3, -0.25) is 4.98 Å². The molecule has 2 aromatic rings. The molecule has 24 heavy (non-hydrogen) atoms. The molecule has 1 fully saturated rings. The van der Waals surface area contributed by atoms with E-state index in [4.69, 9.17) is 4.74 Å². The van der Waals surface area contributed by atoms with Gasteiger partial charge in [-0.25, -0.2) is 4.98 Å². The van der Waals surface area contributed by atoms with Gasteiger partial charge in [-0.05, 0) is 42.2 Å². The number of hydrogen-bond donors (Lipinski definition) is 1. The number of nitrogens with one attached hydrogen (secondary N) is 1. The van der Waals surface area contributed by atoms with Crippen LogP contribution in [0.2, 0.25) is 0 Å². The van der Waals surface area contributed by atoms with Gasteiger partial charge in [0.25, 0.3) is 0 Å². The molecule has 0 radical (unpaired) electrons. The highest BCUT2D eigenvalue weighted by Gasteiger charge is 2.29. The van der Waals surface area contributed by atoms with Crippen LogP contribution in [0.5, 0.6) is 0 Å². The van der Waals surface area contributed by atoms with Crippen LogP contribution in [0.15, 0.2) is 36.7 Å². The van der Waals surface area contributed by atoms with Gasteiger partial charge in [0.1, 0.15) is 11.9 Å². The zero-order chi connectivity index (χ0) is 16.9. The van der Waals surface area contributed by atoms with Crippen molar-refractivity contribution in [3.05, 3.63) is 53.5 Å². The lowest BCUT2D eigenvalue weighted by atomic mass is 9.95. The zero-order valence-corrected chi connectivity index (χ0v) is 14.1. The summed E-state index contributed by atoms with van der Waals surface area (Å²) in [5, 5.41) is 12.8. The van der Waals surface area contributed by atoms with Crippen molar-refractivity contribution in [3.63, 3.8) is 0 Å². The first-order chi connectivity index (χ1) is 11.7. The monoisotopic (exact) mass is 322 g/mol. The van der Waals surface area contributed by atoms with Crippen LogP contribution in [0.1, 0.15) is 36.6 Å². The van der Waals surface area contributed by atoms with Crippen molar-refractivity contribution in [2.45, 2.75) is 32.2 Å². The fourth-order valence-corrected chi connectivity index (χ4v) is 2.95. The molecule has 124 valence electrons. The molecular formula is C19H22N4O. The molecule has 0 aromatic carbocycles. The van der Waals surface area contributed by atoms with E-state index in [9.17, 15) is 5.26 Å². The molecule has 1 aliphatic heterocycles. The molecule has 1 saturated heterocycles. The fraction of sp³-hybridized carbons (Fsp3) is 0.421. The lowest BCUT2D eigenvalue weighted by Crippen LogP contribution is -2.30. The van der Waals surface area contributed by atoms with Crippen LogP contribution >= 0.6 is 0 Å². The second-order valence-corrected chi connectivity index (χ2v) is 6.51. The summed E-state index contributed by atoms with van der Waals surface area (Å²) in [5.41, 5.74) is 2.81. The molecular weight excluding hydrogens is 300 g/mol. The number of hydrogen-bond acceptors (Lipinski definition) is 5. The van der Waals surface area contributed by atoms with Crippen LogP contribution in [0.4, 0.5) is 5.82 Å². The second-order valence-electron chi connectivity index (χ2n) is 6.51. The van der Waals surface area contributed by atoms with Crippen molar-refractivity contribution in [3.8, 4) is 6.07 Å². The molecule has 2 aromatic heterocycles. The van der Waals surface area contributed by atoms with Gasteiger partial charge in [-0.15, -0.1) is 0 Å². The van der Waals surface area contributed by atoms with Crippen LogP contribution in [0.25, 0.3) is 0 Å². The first kappa shape index (κ1) is 16.4. The highest BCUT2D eigenvalue weighted by atomic mass is 16.5. The van der Waals surface area contributed by atoms with Crippen molar-refractivity contribution >= 4 is 5.82 Å². The summed E-state index contributed by atoms with van der Waals surface area (Å²) in [6, 6.07) is 10.2. The maximum absolute atomic E-state index is 9.35. The van der Waals surface area contributed by atoms with Crippen molar-refractivity contribution < 1.29 is 4.74 Å². The van der Waals surface area contributed by atoms with Crippen LogP contribution in [-0.2, 0) is 11.2 Å². The van der Waals surface area contributed by atoms with Gasteiger partial charge in [-0.2, -0.15) is 5.26 Å². The number of aromatic nitrogens is 2. The molecule has 0 aliphatic carbocycles. The van der Waals surface area contributed by atoms with E-state index in [1.54, 1.807) is 0 Å². The lowest BCUT2D eigenvalue weighted by Gasteiger charge is -2.21. The number of ether oxygens (including phenoxy) is 1. The van der Waals surface area contributed by atoms with E-state index in [0.29, 0.717) is 36.4 Å². The van der Waals surface area contributed by atoms with E-state index in [-0.39, 0.29) is 6.04 Å². The molecule has 0 spiro atoms. The molecule has 0 unspecified atom stereocenters. The van der Waals surface area contributed by atoms with Gasteiger partial charge in [0.2, 0.25) is 0 Å². The van der Waals surface area contributed by atoms with Crippen LogP contribution in [0, 0.1) is 17.2 Å². The third-order valence-electron chi connectivity index (χ3n) is 4.40. The zero-order valence-electron chi connectivity index (χ0n) is 14.1. The van der Waals surface area contributed by atoms with E-state index in [1.165, 1.54) is 5.56 Å². The first-order valence-electron chi connectivity index (χ1n) is 8.31. The third kappa shape index (κ3) is 3.72. The maximum Gasteiger partial charge on any atom is 0.144 e. The summed E-state index contributed by atoms with van der Waals surface area (Å²) in [4.78, 5) is 8.71. The largest absolute Gasteiger partial charge is 0.379 e. The van der Waals surface area contributed by atoms with Crippen LogP contribution < -0.4 is 5.32 Å². The number of anilines is 1. The summed E-state index contributed by atoms with van der Waals surface area (Å²) in [5.74, 6) is 1.34. The Labute approximate surface area is 142 Å². The van der Waals surface area contributed by atoms with Gasteiger partial charge in [0, 0.05) is 24.0 Å². The molecule has 3 rings (SSSR count). The number of nitriles is 1. The molecule has 0 bridgehead atoms. The van der Waals surface area contributed by atoms with E-state index in [0.717, 1.165) is 12.1 Å². The Hall–Kier alpha value is -2.45.